The van der Waals surface area contributed by atoms with E-state index in [9.17, 15) is 4.79 Å². The molecule has 22 heavy (non-hydrogen) atoms. The molecule has 2 heterocycles. The second-order valence-corrected chi connectivity index (χ2v) is 6.80. The van der Waals surface area contributed by atoms with E-state index in [4.69, 9.17) is 4.74 Å². The Bertz CT molecular complexity index is 496. The number of nitrogens with one attached hydrogen (secondary N) is 2. The van der Waals surface area contributed by atoms with Gasteiger partial charge in [-0.05, 0) is 59.3 Å². The summed E-state index contributed by atoms with van der Waals surface area (Å²) < 4.78 is 5.19. The molecule has 0 spiro atoms. The molecule has 0 bridgehead atoms. The summed E-state index contributed by atoms with van der Waals surface area (Å²) >= 11 is 0. The molecule has 1 aromatic rings. The summed E-state index contributed by atoms with van der Waals surface area (Å²) in [6.45, 7) is 7.68. The van der Waals surface area contributed by atoms with Crippen molar-refractivity contribution in [2.75, 3.05) is 30.8 Å². The lowest BCUT2D eigenvalue weighted by molar-refractivity contribution is 0.0635. The first-order chi connectivity index (χ1) is 10.3. The monoisotopic (exact) mass is 306 g/mol. The first kappa shape index (κ1) is 16.5. The highest BCUT2D eigenvalue weighted by atomic mass is 16.6. The molecular formula is C16H26N4O2. The molecular weight excluding hydrogens is 280 g/mol. The van der Waals surface area contributed by atoms with Crippen molar-refractivity contribution < 1.29 is 9.53 Å². The smallest absolute Gasteiger partial charge is 0.413 e. The highest BCUT2D eigenvalue weighted by molar-refractivity contribution is 5.83. The van der Waals surface area contributed by atoms with Gasteiger partial charge in [0, 0.05) is 12.6 Å². The molecule has 1 aliphatic rings. The number of anilines is 2. The van der Waals surface area contributed by atoms with Crippen LogP contribution in [0.3, 0.4) is 0 Å². The van der Waals surface area contributed by atoms with Gasteiger partial charge >= 0.3 is 6.09 Å². The molecule has 1 aromatic heterocycles. The molecule has 1 unspecified atom stereocenters. The Balaban J connectivity index is 1.86. The minimum Gasteiger partial charge on any atom is -0.444 e. The van der Waals surface area contributed by atoms with Crippen LogP contribution < -0.4 is 10.6 Å². The van der Waals surface area contributed by atoms with Gasteiger partial charge in [0.2, 0.25) is 0 Å². The number of piperidine rings is 1. The fourth-order valence-corrected chi connectivity index (χ4v) is 2.48. The number of hydrogen-bond acceptors (Lipinski definition) is 5. The maximum Gasteiger partial charge on any atom is 0.413 e. The van der Waals surface area contributed by atoms with Gasteiger partial charge in [-0.2, -0.15) is 0 Å². The molecule has 0 saturated carbocycles. The summed E-state index contributed by atoms with van der Waals surface area (Å²) in [5, 5.41) is 6.11. The quantitative estimate of drug-likeness (QED) is 0.899. The van der Waals surface area contributed by atoms with Gasteiger partial charge in [0.1, 0.15) is 11.4 Å². The maximum atomic E-state index is 11.7. The van der Waals surface area contributed by atoms with Crippen molar-refractivity contribution in [1.29, 1.82) is 0 Å². The van der Waals surface area contributed by atoms with E-state index in [1.807, 2.05) is 26.8 Å². The Kier molecular flexibility index (Phi) is 5.24. The molecule has 1 amide bonds. The molecule has 0 radical (unpaired) electrons. The Morgan fingerprint density at radius 2 is 2.18 bits per heavy atom. The van der Waals surface area contributed by atoms with E-state index in [2.05, 4.69) is 27.6 Å². The summed E-state index contributed by atoms with van der Waals surface area (Å²) in [6, 6.07) is 4.15. The van der Waals surface area contributed by atoms with Crippen LogP contribution in [0.4, 0.5) is 16.3 Å². The Labute approximate surface area is 132 Å². The number of rotatable bonds is 3. The molecule has 1 saturated heterocycles. The number of aromatic nitrogens is 1. The van der Waals surface area contributed by atoms with E-state index in [1.54, 1.807) is 12.3 Å². The van der Waals surface area contributed by atoms with Crippen molar-refractivity contribution in [1.82, 2.24) is 9.88 Å². The van der Waals surface area contributed by atoms with Gasteiger partial charge in [-0.15, -0.1) is 0 Å². The van der Waals surface area contributed by atoms with E-state index < -0.39 is 11.7 Å². The van der Waals surface area contributed by atoms with Gasteiger partial charge in [0.15, 0.2) is 0 Å². The molecule has 6 heteroatoms. The molecule has 1 fully saturated rings. The molecule has 6 nitrogen and oxygen atoms in total. The predicted octanol–water partition coefficient (Wildman–Crippen LogP) is 2.93. The van der Waals surface area contributed by atoms with E-state index in [0.717, 1.165) is 18.8 Å². The number of likely N-dealkylation sites (N-methyl/N-ethyl adjacent to an activating group) is 1. The Morgan fingerprint density at radius 3 is 2.77 bits per heavy atom. The predicted molar refractivity (Wildman–Crippen MR) is 88.2 cm³/mol. The minimum atomic E-state index is -0.515. The molecule has 2 rings (SSSR count). The third-order valence-electron chi connectivity index (χ3n) is 3.39. The van der Waals surface area contributed by atoms with Gasteiger partial charge in [0.05, 0.1) is 11.9 Å². The van der Waals surface area contributed by atoms with Crippen molar-refractivity contribution in [3.8, 4) is 0 Å². The van der Waals surface area contributed by atoms with Crippen LogP contribution in [0.5, 0.6) is 0 Å². The number of carbonyl (C=O) groups is 1. The topological polar surface area (TPSA) is 66.5 Å². The van der Waals surface area contributed by atoms with Crippen LogP contribution in [0.2, 0.25) is 0 Å². The highest BCUT2D eigenvalue weighted by Crippen LogP contribution is 2.16. The van der Waals surface area contributed by atoms with Crippen LogP contribution in [0.1, 0.15) is 33.6 Å². The average Bonchev–Trinajstić information content (AvgIpc) is 2.39. The Hall–Kier alpha value is -1.82. The van der Waals surface area contributed by atoms with Gasteiger partial charge in [0.25, 0.3) is 0 Å². The van der Waals surface area contributed by atoms with Crippen molar-refractivity contribution in [3.63, 3.8) is 0 Å². The summed E-state index contributed by atoms with van der Waals surface area (Å²) in [4.78, 5) is 18.2. The van der Waals surface area contributed by atoms with Crippen LogP contribution in [-0.4, -0.2) is 47.8 Å². The van der Waals surface area contributed by atoms with Gasteiger partial charge in [-0.1, -0.05) is 0 Å². The van der Waals surface area contributed by atoms with E-state index >= 15 is 0 Å². The molecule has 0 aromatic carbocycles. The van der Waals surface area contributed by atoms with Crippen LogP contribution in [0, 0.1) is 0 Å². The summed E-state index contributed by atoms with van der Waals surface area (Å²) in [7, 11) is 2.14. The zero-order chi connectivity index (χ0) is 16.2. The number of pyridine rings is 1. The van der Waals surface area contributed by atoms with E-state index in [1.165, 1.54) is 12.8 Å². The lowest BCUT2D eigenvalue weighted by atomic mass is 10.1. The number of ether oxygens (including phenoxy) is 1. The normalized spacial score (nSPS) is 19.5. The molecule has 122 valence electrons. The van der Waals surface area contributed by atoms with Gasteiger partial charge in [-0.25, -0.2) is 9.78 Å². The fraction of sp³-hybridized carbons (Fsp3) is 0.625. The summed E-state index contributed by atoms with van der Waals surface area (Å²) in [5.74, 6) is 0.487. The van der Waals surface area contributed by atoms with Crippen LogP contribution in [0.15, 0.2) is 18.3 Å². The first-order valence-electron chi connectivity index (χ1n) is 7.73. The number of likely N-dealkylation sites (tertiary alicyclic amines) is 1. The third kappa shape index (κ3) is 5.52. The highest BCUT2D eigenvalue weighted by Gasteiger charge is 2.18. The molecule has 2 N–H and O–H groups in total. The fourth-order valence-electron chi connectivity index (χ4n) is 2.48. The van der Waals surface area contributed by atoms with Gasteiger partial charge in [-0.3, -0.25) is 5.32 Å². The molecule has 0 aliphatic carbocycles. The number of hydrogen-bond donors (Lipinski definition) is 2. The van der Waals surface area contributed by atoms with Crippen molar-refractivity contribution in [3.05, 3.63) is 18.3 Å². The third-order valence-corrected chi connectivity index (χ3v) is 3.39. The number of nitrogens with zero attached hydrogens (tertiary/aromatic N) is 2. The van der Waals surface area contributed by atoms with Crippen molar-refractivity contribution >= 4 is 17.6 Å². The summed E-state index contributed by atoms with van der Waals surface area (Å²) in [6.07, 6.45) is 3.62. The Morgan fingerprint density at radius 1 is 1.41 bits per heavy atom. The molecule has 1 atom stereocenters. The van der Waals surface area contributed by atoms with Crippen LogP contribution in [-0.2, 0) is 4.74 Å². The van der Waals surface area contributed by atoms with E-state index in [-0.39, 0.29) is 0 Å². The zero-order valence-electron chi connectivity index (χ0n) is 13.8. The van der Waals surface area contributed by atoms with Crippen LogP contribution in [0.25, 0.3) is 0 Å². The SMILES string of the molecule is CN1CCCC(Nc2ccc(NC(=O)OC(C)(C)C)nc2)C1. The van der Waals surface area contributed by atoms with Crippen molar-refractivity contribution in [2.45, 2.75) is 45.3 Å². The lowest BCUT2D eigenvalue weighted by Crippen LogP contribution is -2.39. The lowest BCUT2D eigenvalue weighted by Gasteiger charge is -2.30. The second kappa shape index (κ2) is 6.96. The number of carbonyl (C=O) groups excluding carboxylic acids is 1. The molecule has 1 aliphatic heterocycles. The van der Waals surface area contributed by atoms with Crippen LogP contribution >= 0.6 is 0 Å². The van der Waals surface area contributed by atoms with Gasteiger partial charge < -0.3 is 15.0 Å². The first-order valence-corrected chi connectivity index (χ1v) is 7.73. The largest absolute Gasteiger partial charge is 0.444 e. The van der Waals surface area contributed by atoms with Crippen molar-refractivity contribution in [2.24, 2.45) is 0 Å². The standard InChI is InChI=1S/C16H26N4O2/c1-16(2,3)22-15(21)19-14-8-7-12(10-17-14)18-13-6-5-9-20(4)11-13/h7-8,10,13,18H,5-6,9,11H2,1-4H3,(H,17,19,21). The zero-order valence-corrected chi connectivity index (χ0v) is 13.8. The maximum absolute atomic E-state index is 11.7. The average molecular weight is 306 g/mol. The minimum absolute atomic E-state index is 0.449. The van der Waals surface area contributed by atoms with E-state index in [0.29, 0.717) is 11.9 Å². The number of amides is 1. The summed E-state index contributed by atoms with van der Waals surface area (Å²) in [5.41, 5.74) is 0.452. The second-order valence-electron chi connectivity index (χ2n) is 6.80.